The Labute approximate surface area is 105 Å². The Hall–Kier alpha value is -2.09. The van der Waals surface area contributed by atoms with E-state index in [-0.39, 0.29) is 6.42 Å². The number of rotatable bonds is 3. The third kappa shape index (κ3) is 2.43. The van der Waals surface area contributed by atoms with Crippen LogP contribution < -0.4 is 5.32 Å². The van der Waals surface area contributed by atoms with Crippen LogP contribution in [0.2, 0.25) is 0 Å². The van der Waals surface area contributed by atoms with Crippen molar-refractivity contribution in [2.24, 2.45) is 0 Å². The summed E-state index contributed by atoms with van der Waals surface area (Å²) in [6.45, 7) is 0. The number of thioether (sulfide) groups is 1. The second kappa shape index (κ2) is 4.65. The van der Waals surface area contributed by atoms with Crippen LogP contribution in [0.1, 0.15) is 5.56 Å². The monoisotopic (exact) mass is 268 g/mol. The molecular weight excluding hydrogens is 260 g/mol. The van der Waals surface area contributed by atoms with Crippen molar-refractivity contribution in [2.45, 2.75) is 11.7 Å². The number of aromatic hydroxyl groups is 1. The van der Waals surface area contributed by atoms with Gasteiger partial charge < -0.3 is 5.11 Å². The van der Waals surface area contributed by atoms with Crippen LogP contribution in [-0.2, 0) is 11.2 Å². The highest BCUT2D eigenvalue weighted by molar-refractivity contribution is 8.15. The van der Waals surface area contributed by atoms with Crippen molar-refractivity contribution in [3.63, 3.8) is 0 Å². The molecule has 1 fully saturated rings. The second-order valence-electron chi connectivity index (χ2n) is 3.67. The number of hydrogen-bond donors (Lipinski definition) is 2. The van der Waals surface area contributed by atoms with E-state index >= 15 is 0 Å². The number of benzene rings is 1. The zero-order chi connectivity index (χ0) is 13.3. The molecule has 0 aromatic heterocycles. The summed E-state index contributed by atoms with van der Waals surface area (Å²) in [4.78, 5) is 32.2. The number of hydrogen-bond acceptors (Lipinski definition) is 6. The van der Waals surface area contributed by atoms with Gasteiger partial charge in [0.25, 0.3) is 5.24 Å². The molecule has 2 rings (SSSR count). The van der Waals surface area contributed by atoms with Gasteiger partial charge in [-0.1, -0.05) is 17.8 Å². The molecule has 7 nitrogen and oxygen atoms in total. The standard InChI is InChI=1S/C10H8N2O5S/c13-7-2-1-5(3-6(7)12(16)17)4-8-9(14)11-10(15)18-8/h1-3,8,13H,4H2,(H,11,14,15). The van der Waals surface area contributed by atoms with Gasteiger partial charge in [-0.3, -0.25) is 25.0 Å². The number of carbonyl (C=O) groups is 2. The number of nitrogens with one attached hydrogen (secondary N) is 1. The zero-order valence-electron chi connectivity index (χ0n) is 8.95. The first-order valence-electron chi connectivity index (χ1n) is 4.95. The molecule has 0 spiro atoms. The van der Waals surface area contributed by atoms with Gasteiger partial charge in [0.05, 0.1) is 10.2 Å². The number of phenols is 1. The number of amides is 2. The Morgan fingerprint density at radius 1 is 1.44 bits per heavy atom. The minimum absolute atomic E-state index is 0.198. The fourth-order valence-electron chi connectivity index (χ4n) is 1.58. The van der Waals surface area contributed by atoms with Crippen LogP contribution >= 0.6 is 11.8 Å². The van der Waals surface area contributed by atoms with Gasteiger partial charge in [-0.15, -0.1) is 0 Å². The average Bonchev–Trinajstić information content (AvgIpc) is 2.60. The predicted molar refractivity (Wildman–Crippen MR) is 63.4 cm³/mol. The summed E-state index contributed by atoms with van der Waals surface area (Å²) in [5, 5.41) is 21.1. The van der Waals surface area contributed by atoms with E-state index in [9.17, 15) is 24.8 Å². The fraction of sp³-hybridized carbons (Fsp3) is 0.200. The largest absolute Gasteiger partial charge is 0.502 e. The van der Waals surface area contributed by atoms with Crippen molar-refractivity contribution < 1.29 is 19.6 Å². The van der Waals surface area contributed by atoms with Crippen molar-refractivity contribution in [1.82, 2.24) is 5.32 Å². The first-order valence-corrected chi connectivity index (χ1v) is 5.83. The molecule has 0 aliphatic carbocycles. The van der Waals surface area contributed by atoms with Crippen molar-refractivity contribution >= 4 is 28.6 Å². The lowest BCUT2D eigenvalue weighted by atomic mass is 10.1. The third-order valence-corrected chi connectivity index (χ3v) is 3.41. The molecule has 1 aromatic rings. The molecule has 1 atom stereocenters. The number of nitro benzene ring substituents is 1. The summed E-state index contributed by atoms with van der Waals surface area (Å²) in [5.74, 6) is -0.830. The highest BCUT2D eigenvalue weighted by Crippen LogP contribution is 2.29. The molecule has 1 saturated heterocycles. The molecule has 1 aliphatic rings. The fourth-order valence-corrected chi connectivity index (χ4v) is 2.44. The van der Waals surface area contributed by atoms with Crippen molar-refractivity contribution in [1.29, 1.82) is 0 Å². The van der Waals surface area contributed by atoms with Crippen LogP contribution in [0.25, 0.3) is 0 Å². The minimum atomic E-state index is -0.703. The highest BCUT2D eigenvalue weighted by atomic mass is 32.2. The van der Waals surface area contributed by atoms with Gasteiger partial charge in [0.15, 0.2) is 5.75 Å². The molecule has 2 amide bonds. The molecule has 0 radical (unpaired) electrons. The summed E-state index contributed by atoms with van der Waals surface area (Å²) in [6.07, 6.45) is 0.198. The van der Waals surface area contributed by atoms with E-state index in [1.807, 2.05) is 0 Å². The maximum Gasteiger partial charge on any atom is 0.310 e. The van der Waals surface area contributed by atoms with E-state index in [0.717, 1.165) is 11.8 Å². The predicted octanol–water partition coefficient (Wildman–Crippen LogP) is 1.19. The quantitative estimate of drug-likeness (QED) is 0.629. The van der Waals surface area contributed by atoms with Crippen LogP contribution in [0, 0.1) is 10.1 Å². The maximum atomic E-state index is 11.3. The summed E-state index contributed by atoms with van der Waals surface area (Å²) >= 11 is 0.855. The molecule has 94 valence electrons. The molecule has 2 N–H and O–H groups in total. The van der Waals surface area contributed by atoms with Gasteiger partial charge in [0.1, 0.15) is 0 Å². The Kier molecular flexibility index (Phi) is 3.19. The first-order chi connectivity index (χ1) is 8.47. The highest BCUT2D eigenvalue weighted by Gasteiger charge is 2.31. The Bertz CT molecular complexity index is 545. The van der Waals surface area contributed by atoms with Gasteiger partial charge in [-0.05, 0) is 18.1 Å². The molecule has 1 unspecified atom stereocenters. The topological polar surface area (TPSA) is 110 Å². The average molecular weight is 268 g/mol. The van der Waals surface area contributed by atoms with Gasteiger partial charge >= 0.3 is 5.69 Å². The van der Waals surface area contributed by atoms with Crippen molar-refractivity contribution in [3.05, 3.63) is 33.9 Å². The van der Waals surface area contributed by atoms with Crippen molar-refractivity contribution in [3.8, 4) is 5.75 Å². The number of phenolic OH excluding ortho intramolecular Hbond substituents is 1. The normalized spacial score (nSPS) is 18.8. The SMILES string of the molecule is O=C1NC(=O)C(Cc2ccc(O)c([N+](=O)[O-])c2)S1. The third-order valence-electron chi connectivity index (χ3n) is 2.42. The Balaban J connectivity index is 2.20. The number of nitrogens with zero attached hydrogens (tertiary/aromatic N) is 1. The molecular formula is C10H8N2O5S. The molecule has 8 heteroatoms. The smallest absolute Gasteiger partial charge is 0.310 e. The van der Waals surface area contributed by atoms with Gasteiger partial charge in [0, 0.05) is 6.07 Å². The second-order valence-corrected chi connectivity index (χ2v) is 4.84. The van der Waals surface area contributed by atoms with E-state index < -0.39 is 32.8 Å². The summed E-state index contributed by atoms with van der Waals surface area (Å²) in [7, 11) is 0. The van der Waals surface area contributed by atoms with E-state index in [1.165, 1.54) is 18.2 Å². The van der Waals surface area contributed by atoms with E-state index in [4.69, 9.17) is 0 Å². The summed E-state index contributed by atoms with van der Waals surface area (Å²) < 4.78 is 0. The first kappa shape index (κ1) is 12.4. The maximum absolute atomic E-state index is 11.3. The number of carbonyl (C=O) groups excluding carboxylic acids is 2. The molecule has 0 bridgehead atoms. The number of nitro groups is 1. The molecule has 1 aliphatic heterocycles. The summed E-state index contributed by atoms with van der Waals surface area (Å²) in [5.41, 5.74) is 0.101. The van der Waals surface area contributed by atoms with E-state index in [0.29, 0.717) is 5.56 Å². The summed E-state index contributed by atoms with van der Waals surface area (Å²) in [6, 6.07) is 3.89. The Morgan fingerprint density at radius 2 is 2.17 bits per heavy atom. The molecule has 0 saturated carbocycles. The van der Waals surface area contributed by atoms with Crippen LogP contribution in [0.4, 0.5) is 10.5 Å². The van der Waals surface area contributed by atoms with Crippen LogP contribution in [-0.4, -0.2) is 26.4 Å². The van der Waals surface area contributed by atoms with Crippen LogP contribution in [0.15, 0.2) is 18.2 Å². The van der Waals surface area contributed by atoms with Crippen LogP contribution in [0.5, 0.6) is 5.75 Å². The molecule has 1 aromatic carbocycles. The zero-order valence-corrected chi connectivity index (χ0v) is 9.77. The minimum Gasteiger partial charge on any atom is -0.502 e. The van der Waals surface area contributed by atoms with Gasteiger partial charge in [-0.25, -0.2) is 0 Å². The molecule has 18 heavy (non-hydrogen) atoms. The van der Waals surface area contributed by atoms with Crippen LogP contribution in [0.3, 0.4) is 0 Å². The Morgan fingerprint density at radius 3 is 2.72 bits per heavy atom. The van der Waals surface area contributed by atoms with Gasteiger partial charge in [0.2, 0.25) is 5.91 Å². The number of imide groups is 1. The van der Waals surface area contributed by atoms with E-state index in [1.54, 1.807) is 0 Å². The lowest BCUT2D eigenvalue weighted by Gasteiger charge is -2.05. The van der Waals surface area contributed by atoms with Gasteiger partial charge in [-0.2, -0.15) is 0 Å². The van der Waals surface area contributed by atoms with E-state index in [2.05, 4.69) is 5.32 Å². The lowest BCUT2D eigenvalue weighted by molar-refractivity contribution is -0.385. The molecule has 1 heterocycles. The van der Waals surface area contributed by atoms with Crippen molar-refractivity contribution in [2.75, 3.05) is 0 Å². The lowest BCUT2D eigenvalue weighted by Crippen LogP contribution is -2.25.